The normalized spacial score (nSPS) is 10.4. The summed E-state index contributed by atoms with van der Waals surface area (Å²) >= 11 is 0. The van der Waals surface area contributed by atoms with E-state index in [2.05, 4.69) is 0 Å². The van der Waals surface area contributed by atoms with Gasteiger partial charge in [-0.25, -0.2) is 0 Å². The Morgan fingerprint density at radius 3 is 2.44 bits per heavy atom. The second-order valence-electron chi connectivity index (χ2n) is 3.07. The van der Waals surface area contributed by atoms with Crippen LogP contribution in [0.3, 0.4) is 0 Å². The summed E-state index contributed by atoms with van der Waals surface area (Å²) < 4.78 is 10.9. The van der Waals surface area contributed by atoms with Crippen LogP contribution >= 0.6 is 0 Å². The molecule has 3 nitrogen and oxygen atoms in total. The van der Waals surface area contributed by atoms with E-state index in [-0.39, 0.29) is 0 Å². The summed E-state index contributed by atoms with van der Waals surface area (Å²) in [6.07, 6.45) is 3.92. The van der Waals surface area contributed by atoms with E-state index >= 15 is 0 Å². The minimum Gasteiger partial charge on any atom is -0.490 e. The molecule has 1 aromatic rings. The van der Waals surface area contributed by atoms with E-state index < -0.39 is 0 Å². The van der Waals surface area contributed by atoms with Crippen LogP contribution in [-0.4, -0.2) is 19.5 Å². The topological polar surface area (TPSA) is 35.5 Å². The molecular weight excluding hydrogens is 204 g/mol. The van der Waals surface area contributed by atoms with Gasteiger partial charge in [0.2, 0.25) is 0 Å². The summed E-state index contributed by atoms with van der Waals surface area (Å²) in [7, 11) is 0. The van der Waals surface area contributed by atoms with Gasteiger partial charge in [0.25, 0.3) is 0 Å². The number of rotatable bonds is 6. The molecule has 0 N–H and O–H groups in total. The Hall–Kier alpha value is -1.77. The van der Waals surface area contributed by atoms with Crippen molar-refractivity contribution in [1.29, 1.82) is 0 Å². The molecule has 0 fully saturated rings. The molecule has 0 aliphatic heterocycles. The van der Waals surface area contributed by atoms with Gasteiger partial charge in [0.15, 0.2) is 11.5 Å². The summed E-state index contributed by atoms with van der Waals surface area (Å²) in [4.78, 5) is 10.2. The first-order chi connectivity index (χ1) is 7.81. The number of allylic oxidation sites excluding steroid dienone is 1. The fourth-order valence-electron chi connectivity index (χ4n) is 1.32. The van der Waals surface area contributed by atoms with Crippen molar-refractivity contribution in [2.24, 2.45) is 0 Å². The maximum Gasteiger partial charge on any atom is 0.161 e. The van der Waals surface area contributed by atoms with E-state index in [9.17, 15) is 4.79 Å². The van der Waals surface area contributed by atoms with Crippen molar-refractivity contribution < 1.29 is 14.3 Å². The van der Waals surface area contributed by atoms with Crippen LogP contribution in [0.2, 0.25) is 0 Å². The second-order valence-corrected chi connectivity index (χ2v) is 3.07. The quantitative estimate of drug-likeness (QED) is 0.546. The highest BCUT2D eigenvalue weighted by Gasteiger charge is 2.04. The number of hydrogen-bond acceptors (Lipinski definition) is 3. The van der Waals surface area contributed by atoms with Crippen molar-refractivity contribution in [3.63, 3.8) is 0 Å². The summed E-state index contributed by atoms with van der Waals surface area (Å²) in [6, 6.07) is 5.58. The van der Waals surface area contributed by atoms with E-state index in [1.165, 1.54) is 6.08 Å². The van der Waals surface area contributed by atoms with Crippen molar-refractivity contribution in [3.8, 4) is 11.5 Å². The highest BCUT2D eigenvalue weighted by atomic mass is 16.5. The lowest BCUT2D eigenvalue weighted by atomic mass is 10.2. The molecule has 0 bridgehead atoms. The van der Waals surface area contributed by atoms with Crippen LogP contribution in [0.4, 0.5) is 0 Å². The molecule has 0 saturated heterocycles. The van der Waals surface area contributed by atoms with E-state index in [4.69, 9.17) is 9.47 Å². The van der Waals surface area contributed by atoms with Gasteiger partial charge in [-0.2, -0.15) is 0 Å². The van der Waals surface area contributed by atoms with Crippen molar-refractivity contribution in [2.75, 3.05) is 13.2 Å². The molecule has 3 heteroatoms. The lowest BCUT2D eigenvalue weighted by Gasteiger charge is -2.11. The monoisotopic (exact) mass is 220 g/mol. The Kier molecular flexibility index (Phi) is 5.12. The Morgan fingerprint density at radius 1 is 1.12 bits per heavy atom. The number of ether oxygens (including phenoxy) is 2. The predicted molar refractivity (Wildman–Crippen MR) is 63.9 cm³/mol. The van der Waals surface area contributed by atoms with Gasteiger partial charge in [-0.05, 0) is 37.6 Å². The fraction of sp³-hybridized carbons (Fsp3) is 0.308. The van der Waals surface area contributed by atoms with E-state index in [0.717, 1.165) is 17.6 Å². The largest absolute Gasteiger partial charge is 0.490 e. The first-order valence-electron chi connectivity index (χ1n) is 5.33. The first-order valence-corrected chi connectivity index (χ1v) is 5.33. The van der Waals surface area contributed by atoms with Crippen molar-refractivity contribution in [3.05, 3.63) is 29.8 Å². The molecule has 1 rings (SSSR count). The second kappa shape index (κ2) is 6.67. The number of hydrogen-bond donors (Lipinski definition) is 0. The summed E-state index contributed by atoms with van der Waals surface area (Å²) in [5.74, 6) is 1.44. The molecule has 0 aliphatic rings. The summed E-state index contributed by atoms with van der Waals surface area (Å²) in [5, 5.41) is 0. The average molecular weight is 220 g/mol. The number of carbonyl (C=O) groups is 1. The van der Waals surface area contributed by atoms with Gasteiger partial charge >= 0.3 is 0 Å². The van der Waals surface area contributed by atoms with Crippen molar-refractivity contribution >= 4 is 12.4 Å². The molecule has 0 atom stereocenters. The third-order valence-corrected chi connectivity index (χ3v) is 1.93. The summed E-state index contributed by atoms with van der Waals surface area (Å²) in [6.45, 7) is 5.03. The van der Waals surface area contributed by atoms with Gasteiger partial charge in [-0.15, -0.1) is 0 Å². The molecular formula is C13H16O3. The van der Waals surface area contributed by atoms with Gasteiger partial charge in [-0.1, -0.05) is 12.1 Å². The zero-order chi connectivity index (χ0) is 11.8. The molecule has 16 heavy (non-hydrogen) atoms. The number of carbonyl (C=O) groups excluding carboxylic acids is 1. The maximum atomic E-state index is 10.2. The molecule has 0 spiro atoms. The third-order valence-electron chi connectivity index (χ3n) is 1.93. The predicted octanol–water partition coefficient (Wildman–Crippen LogP) is 2.70. The molecule has 0 saturated carbocycles. The molecule has 86 valence electrons. The smallest absolute Gasteiger partial charge is 0.161 e. The van der Waals surface area contributed by atoms with E-state index in [0.29, 0.717) is 19.0 Å². The van der Waals surface area contributed by atoms with Crippen LogP contribution in [0.1, 0.15) is 19.4 Å². The van der Waals surface area contributed by atoms with Crippen LogP contribution < -0.4 is 9.47 Å². The highest BCUT2D eigenvalue weighted by Crippen LogP contribution is 2.28. The third kappa shape index (κ3) is 3.42. The Morgan fingerprint density at radius 2 is 1.81 bits per heavy atom. The van der Waals surface area contributed by atoms with Gasteiger partial charge in [0.05, 0.1) is 13.2 Å². The van der Waals surface area contributed by atoms with Gasteiger partial charge < -0.3 is 9.47 Å². The molecule has 0 aromatic heterocycles. The van der Waals surface area contributed by atoms with Crippen LogP contribution in [0, 0.1) is 0 Å². The SMILES string of the molecule is CCOc1ccc(C=CC=O)cc1OCC. The van der Waals surface area contributed by atoms with Crippen LogP contribution in [0.25, 0.3) is 6.08 Å². The highest BCUT2D eigenvalue weighted by molar-refractivity contribution is 5.74. The first kappa shape index (κ1) is 12.3. The summed E-state index contributed by atoms with van der Waals surface area (Å²) in [5.41, 5.74) is 0.916. The maximum absolute atomic E-state index is 10.2. The van der Waals surface area contributed by atoms with Gasteiger partial charge in [0.1, 0.15) is 6.29 Å². The molecule has 1 aromatic carbocycles. The molecule has 0 unspecified atom stereocenters. The number of aldehydes is 1. The van der Waals surface area contributed by atoms with E-state index in [1.807, 2.05) is 32.0 Å². The van der Waals surface area contributed by atoms with Crippen LogP contribution in [-0.2, 0) is 4.79 Å². The zero-order valence-electron chi connectivity index (χ0n) is 9.60. The minimum absolute atomic E-state index is 0.584. The lowest BCUT2D eigenvalue weighted by molar-refractivity contribution is -0.104. The van der Waals surface area contributed by atoms with Crippen molar-refractivity contribution in [1.82, 2.24) is 0 Å². The van der Waals surface area contributed by atoms with Gasteiger partial charge in [0, 0.05) is 0 Å². The molecule has 0 aliphatic carbocycles. The molecule has 0 radical (unpaired) electrons. The number of benzene rings is 1. The molecule has 0 heterocycles. The van der Waals surface area contributed by atoms with Crippen LogP contribution in [0.15, 0.2) is 24.3 Å². The Bertz CT molecular complexity index is 369. The molecule has 0 amide bonds. The Labute approximate surface area is 95.7 Å². The van der Waals surface area contributed by atoms with Crippen LogP contribution in [0.5, 0.6) is 11.5 Å². The standard InChI is InChI=1S/C13H16O3/c1-3-15-12-8-7-11(6-5-9-14)10-13(12)16-4-2/h5-10H,3-4H2,1-2H3. The van der Waals surface area contributed by atoms with Crippen molar-refractivity contribution in [2.45, 2.75) is 13.8 Å². The minimum atomic E-state index is 0.584. The van der Waals surface area contributed by atoms with E-state index in [1.54, 1.807) is 6.08 Å². The van der Waals surface area contributed by atoms with Gasteiger partial charge in [-0.3, -0.25) is 4.79 Å². The Balaban J connectivity index is 2.96. The fourth-order valence-corrected chi connectivity index (χ4v) is 1.32. The lowest BCUT2D eigenvalue weighted by Crippen LogP contribution is -1.98. The zero-order valence-corrected chi connectivity index (χ0v) is 9.60. The average Bonchev–Trinajstić information content (AvgIpc) is 2.30.